The average Bonchev–Trinajstić information content (AvgIpc) is 2.17. The minimum absolute atomic E-state index is 0.254. The van der Waals surface area contributed by atoms with Crippen LogP contribution >= 0.6 is 0 Å². The molecule has 0 aliphatic carbocycles. The van der Waals surface area contributed by atoms with E-state index >= 15 is 0 Å². The molecule has 0 aliphatic rings. The molecule has 5 heteroatoms. The van der Waals surface area contributed by atoms with Gasteiger partial charge in [-0.15, -0.1) is 0 Å². The van der Waals surface area contributed by atoms with Crippen molar-refractivity contribution in [2.75, 3.05) is 7.11 Å². The summed E-state index contributed by atoms with van der Waals surface area (Å²) in [7, 11) is 0.811. The molecule has 0 aromatic heterocycles. The van der Waals surface area contributed by atoms with Crippen molar-refractivity contribution < 1.29 is 22.7 Å². The SMILES string of the molecule is COC(F)(F)c1ccc(C=O)c(F)c1. The number of halogens is 3. The maximum Gasteiger partial charge on any atom is 0.383 e. The number of hydrogen-bond acceptors (Lipinski definition) is 2. The van der Waals surface area contributed by atoms with Crippen LogP contribution < -0.4 is 0 Å². The Morgan fingerprint density at radius 2 is 2.07 bits per heavy atom. The molecule has 0 unspecified atom stereocenters. The van der Waals surface area contributed by atoms with Gasteiger partial charge in [0.25, 0.3) is 0 Å². The largest absolute Gasteiger partial charge is 0.383 e. The van der Waals surface area contributed by atoms with Crippen LogP contribution in [0.4, 0.5) is 13.2 Å². The van der Waals surface area contributed by atoms with Gasteiger partial charge in [-0.3, -0.25) is 4.79 Å². The zero-order valence-corrected chi connectivity index (χ0v) is 7.26. The van der Waals surface area contributed by atoms with Gasteiger partial charge >= 0.3 is 6.11 Å². The molecule has 0 fully saturated rings. The van der Waals surface area contributed by atoms with E-state index in [-0.39, 0.29) is 11.8 Å². The fourth-order valence-electron chi connectivity index (χ4n) is 0.922. The number of carbonyl (C=O) groups excluding carboxylic acids is 1. The number of rotatable bonds is 3. The molecule has 0 saturated carbocycles. The highest BCUT2D eigenvalue weighted by atomic mass is 19.3. The van der Waals surface area contributed by atoms with Crippen LogP contribution in [0.2, 0.25) is 0 Å². The van der Waals surface area contributed by atoms with Crippen molar-refractivity contribution in [3.63, 3.8) is 0 Å². The van der Waals surface area contributed by atoms with Gasteiger partial charge in [0.05, 0.1) is 11.1 Å². The quantitative estimate of drug-likeness (QED) is 0.706. The summed E-state index contributed by atoms with van der Waals surface area (Å²) in [5.74, 6) is -0.991. The van der Waals surface area contributed by atoms with E-state index in [1.807, 2.05) is 0 Å². The Kier molecular flexibility index (Phi) is 2.90. The van der Waals surface area contributed by atoms with E-state index in [0.29, 0.717) is 6.07 Å². The van der Waals surface area contributed by atoms with E-state index in [4.69, 9.17) is 0 Å². The van der Waals surface area contributed by atoms with E-state index in [2.05, 4.69) is 4.74 Å². The summed E-state index contributed by atoms with van der Waals surface area (Å²) in [4.78, 5) is 10.2. The van der Waals surface area contributed by atoms with Crippen molar-refractivity contribution in [2.24, 2.45) is 0 Å². The smallest absolute Gasteiger partial charge is 0.320 e. The minimum Gasteiger partial charge on any atom is -0.320 e. The van der Waals surface area contributed by atoms with Crippen LogP contribution in [-0.4, -0.2) is 13.4 Å². The normalized spacial score (nSPS) is 11.4. The van der Waals surface area contributed by atoms with Gasteiger partial charge in [-0.25, -0.2) is 4.39 Å². The first-order valence-corrected chi connectivity index (χ1v) is 3.69. The van der Waals surface area contributed by atoms with Gasteiger partial charge in [-0.2, -0.15) is 8.78 Å². The zero-order chi connectivity index (χ0) is 10.8. The third-order valence-electron chi connectivity index (χ3n) is 1.72. The van der Waals surface area contributed by atoms with Crippen molar-refractivity contribution in [1.29, 1.82) is 0 Å². The first-order valence-electron chi connectivity index (χ1n) is 3.69. The lowest BCUT2D eigenvalue weighted by Gasteiger charge is -2.14. The molecule has 0 atom stereocenters. The Bertz CT molecular complexity index is 350. The van der Waals surface area contributed by atoms with E-state index in [1.54, 1.807) is 0 Å². The predicted octanol–water partition coefficient (Wildman–Crippen LogP) is 2.33. The van der Waals surface area contributed by atoms with Crippen molar-refractivity contribution >= 4 is 6.29 Å². The van der Waals surface area contributed by atoms with E-state index in [0.717, 1.165) is 19.2 Å². The second kappa shape index (κ2) is 3.79. The van der Waals surface area contributed by atoms with Crippen LogP contribution in [0.25, 0.3) is 0 Å². The molecular weight excluding hydrogens is 197 g/mol. The van der Waals surface area contributed by atoms with E-state index < -0.39 is 17.5 Å². The van der Waals surface area contributed by atoms with Crippen molar-refractivity contribution in [2.45, 2.75) is 6.11 Å². The zero-order valence-electron chi connectivity index (χ0n) is 7.26. The Morgan fingerprint density at radius 1 is 1.43 bits per heavy atom. The van der Waals surface area contributed by atoms with E-state index in [9.17, 15) is 18.0 Å². The fourth-order valence-corrected chi connectivity index (χ4v) is 0.922. The molecular formula is C9H7F3O2. The summed E-state index contributed by atoms with van der Waals surface area (Å²) in [6.07, 6.45) is -3.29. The Labute approximate surface area is 78.3 Å². The summed E-state index contributed by atoms with van der Waals surface area (Å²) in [6.45, 7) is 0. The number of benzene rings is 1. The minimum atomic E-state index is -3.54. The third-order valence-corrected chi connectivity index (χ3v) is 1.72. The molecule has 1 rings (SSSR count). The van der Waals surface area contributed by atoms with Gasteiger partial charge in [0, 0.05) is 7.11 Å². The third kappa shape index (κ3) is 1.93. The van der Waals surface area contributed by atoms with Crippen LogP contribution in [-0.2, 0) is 10.8 Å². The monoisotopic (exact) mass is 204 g/mol. The summed E-state index contributed by atoms with van der Waals surface area (Å²) < 4.78 is 42.4. The highest BCUT2D eigenvalue weighted by Gasteiger charge is 2.31. The standard InChI is InChI=1S/C9H7F3O2/c1-14-9(11,12)7-3-2-6(5-13)8(10)4-7/h2-5H,1H3. The van der Waals surface area contributed by atoms with Gasteiger partial charge in [-0.1, -0.05) is 0 Å². The number of alkyl halides is 2. The molecule has 0 radical (unpaired) electrons. The first-order chi connectivity index (χ1) is 6.51. The lowest BCUT2D eigenvalue weighted by molar-refractivity contribution is -0.231. The molecule has 76 valence electrons. The van der Waals surface area contributed by atoms with Gasteiger partial charge in [0.15, 0.2) is 6.29 Å². The topological polar surface area (TPSA) is 26.3 Å². The van der Waals surface area contributed by atoms with E-state index in [1.165, 1.54) is 0 Å². The highest BCUT2D eigenvalue weighted by molar-refractivity contribution is 5.75. The maximum atomic E-state index is 12.9. The van der Waals surface area contributed by atoms with Crippen LogP contribution in [0.3, 0.4) is 0 Å². The number of methoxy groups -OCH3 is 1. The molecule has 0 aliphatic heterocycles. The lowest BCUT2D eigenvalue weighted by atomic mass is 10.1. The maximum absolute atomic E-state index is 12.9. The van der Waals surface area contributed by atoms with Gasteiger partial charge in [0.1, 0.15) is 5.82 Å². The molecule has 0 heterocycles. The molecule has 1 aromatic rings. The second-order valence-corrected chi connectivity index (χ2v) is 2.58. The van der Waals surface area contributed by atoms with Crippen molar-refractivity contribution in [1.82, 2.24) is 0 Å². The molecule has 0 N–H and O–H groups in total. The summed E-state index contributed by atoms with van der Waals surface area (Å²) in [5, 5.41) is 0. The van der Waals surface area contributed by atoms with Gasteiger partial charge in [0.2, 0.25) is 0 Å². The Hall–Kier alpha value is -1.36. The Balaban J connectivity index is 3.14. The molecule has 14 heavy (non-hydrogen) atoms. The number of aldehydes is 1. The average molecular weight is 204 g/mol. The van der Waals surface area contributed by atoms with Crippen LogP contribution in [0.15, 0.2) is 18.2 Å². The predicted molar refractivity (Wildman–Crippen MR) is 42.7 cm³/mol. The summed E-state index contributed by atoms with van der Waals surface area (Å²) >= 11 is 0. The number of ether oxygens (including phenoxy) is 1. The van der Waals surface area contributed by atoms with Crippen LogP contribution in [0, 0.1) is 5.82 Å². The molecule has 0 amide bonds. The van der Waals surface area contributed by atoms with Crippen LogP contribution in [0.5, 0.6) is 0 Å². The molecule has 2 nitrogen and oxygen atoms in total. The second-order valence-electron chi connectivity index (χ2n) is 2.58. The summed E-state index contributed by atoms with van der Waals surface area (Å²) in [6, 6.07) is 2.49. The first kappa shape index (κ1) is 10.7. The highest BCUT2D eigenvalue weighted by Crippen LogP contribution is 2.29. The molecule has 0 saturated heterocycles. The summed E-state index contributed by atoms with van der Waals surface area (Å²) in [5.41, 5.74) is -0.885. The number of carbonyl (C=O) groups is 1. The van der Waals surface area contributed by atoms with Crippen molar-refractivity contribution in [3.05, 3.63) is 35.1 Å². The van der Waals surface area contributed by atoms with Crippen LogP contribution in [0.1, 0.15) is 15.9 Å². The molecule has 0 bridgehead atoms. The number of hydrogen-bond donors (Lipinski definition) is 0. The fraction of sp³-hybridized carbons (Fsp3) is 0.222. The Morgan fingerprint density at radius 3 is 2.50 bits per heavy atom. The molecule has 0 spiro atoms. The molecule has 1 aromatic carbocycles. The lowest BCUT2D eigenvalue weighted by Crippen LogP contribution is -2.16. The van der Waals surface area contributed by atoms with Gasteiger partial charge in [-0.05, 0) is 18.2 Å². The van der Waals surface area contributed by atoms with Gasteiger partial charge < -0.3 is 4.74 Å². The van der Waals surface area contributed by atoms with Crippen molar-refractivity contribution in [3.8, 4) is 0 Å².